The second-order valence-electron chi connectivity index (χ2n) is 2.59. The van der Waals surface area contributed by atoms with Crippen LogP contribution in [0.4, 0.5) is 0 Å². The minimum absolute atomic E-state index is 0.929. The number of hydrogen-bond donors (Lipinski definition) is 1. The lowest BCUT2D eigenvalue weighted by atomic mass is 10.1. The Morgan fingerprint density at radius 1 is 1.60 bits per heavy atom. The lowest BCUT2D eigenvalue weighted by Crippen LogP contribution is -2.35. The number of hydrogen-bond acceptors (Lipinski definition) is 3. The van der Waals surface area contributed by atoms with Crippen molar-refractivity contribution in [2.75, 3.05) is 6.54 Å². The number of thiophene rings is 1. The van der Waals surface area contributed by atoms with Crippen molar-refractivity contribution in [2.45, 2.75) is 13.0 Å². The van der Waals surface area contributed by atoms with E-state index in [0.29, 0.717) is 0 Å². The van der Waals surface area contributed by atoms with Gasteiger partial charge in [-0.3, -0.25) is 5.84 Å². The molecule has 2 rings (SSSR count). The summed E-state index contributed by atoms with van der Waals surface area (Å²) in [5.41, 5.74) is 1.42. The van der Waals surface area contributed by atoms with Crippen molar-refractivity contribution >= 4 is 11.3 Å². The molecule has 1 aromatic heterocycles. The van der Waals surface area contributed by atoms with E-state index in [-0.39, 0.29) is 0 Å². The maximum atomic E-state index is 5.65. The average Bonchev–Trinajstić information content (AvgIpc) is 2.33. The largest absolute Gasteiger partial charge is 0.268 e. The zero-order valence-corrected chi connectivity index (χ0v) is 6.53. The first-order chi connectivity index (χ1) is 4.86. The quantitative estimate of drug-likeness (QED) is 0.564. The molecule has 0 spiro atoms. The monoisotopic (exact) mass is 154 g/mol. The van der Waals surface area contributed by atoms with Crippen molar-refractivity contribution in [3.05, 3.63) is 21.9 Å². The summed E-state index contributed by atoms with van der Waals surface area (Å²) in [5.74, 6) is 5.65. The summed E-state index contributed by atoms with van der Waals surface area (Å²) in [6, 6.07) is 2.17. The molecule has 10 heavy (non-hydrogen) atoms. The minimum atomic E-state index is 0.929. The van der Waals surface area contributed by atoms with Gasteiger partial charge < -0.3 is 0 Å². The van der Waals surface area contributed by atoms with Gasteiger partial charge in [0.15, 0.2) is 0 Å². The molecule has 0 amide bonds. The predicted octanol–water partition coefficient (Wildman–Crippen LogP) is 0.980. The highest BCUT2D eigenvalue weighted by molar-refractivity contribution is 7.10. The van der Waals surface area contributed by atoms with E-state index < -0.39 is 0 Å². The van der Waals surface area contributed by atoms with E-state index in [4.69, 9.17) is 5.84 Å². The molecule has 3 heteroatoms. The van der Waals surface area contributed by atoms with Gasteiger partial charge in [-0.15, -0.1) is 11.3 Å². The maximum absolute atomic E-state index is 5.65. The summed E-state index contributed by atoms with van der Waals surface area (Å²) in [6.45, 7) is 1.94. The molecule has 0 fully saturated rings. The van der Waals surface area contributed by atoms with E-state index in [0.717, 1.165) is 19.5 Å². The fourth-order valence-corrected chi connectivity index (χ4v) is 2.16. The number of hydrazine groups is 1. The topological polar surface area (TPSA) is 29.3 Å². The van der Waals surface area contributed by atoms with Gasteiger partial charge in [0.25, 0.3) is 0 Å². The van der Waals surface area contributed by atoms with Crippen molar-refractivity contribution < 1.29 is 0 Å². The van der Waals surface area contributed by atoms with Crippen LogP contribution in [0.15, 0.2) is 11.4 Å². The molecule has 0 aromatic carbocycles. The van der Waals surface area contributed by atoms with Crippen LogP contribution in [0.3, 0.4) is 0 Å². The van der Waals surface area contributed by atoms with E-state index in [1.165, 1.54) is 10.4 Å². The first-order valence-corrected chi connectivity index (χ1v) is 4.29. The third-order valence-corrected chi connectivity index (χ3v) is 2.86. The molecule has 1 aliphatic heterocycles. The third-order valence-electron chi connectivity index (χ3n) is 1.84. The van der Waals surface area contributed by atoms with E-state index in [1.54, 1.807) is 0 Å². The van der Waals surface area contributed by atoms with Gasteiger partial charge in [0, 0.05) is 18.0 Å². The molecule has 2 N–H and O–H groups in total. The summed E-state index contributed by atoms with van der Waals surface area (Å²) < 4.78 is 0. The van der Waals surface area contributed by atoms with Crippen LogP contribution in [0.2, 0.25) is 0 Å². The van der Waals surface area contributed by atoms with Gasteiger partial charge in [-0.1, -0.05) is 0 Å². The third kappa shape index (κ3) is 0.963. The van der Waals surface area contributed by atoms with Crippen LogP contribution in [0.1, 0.15) is 10.4 Å². The highest BCUT2D eigenvalue weighted by Gasteiger charge is 2.13. The Balaban J connectivity index is 2.30. The molecule has 1 aliphatic rings. The molecule has 54 valence electrons. The first-order valence-electron chi connectivity index (χ1n) is 3.41. The van der Waals surface area contributed by atoms with Crippen molar-refractivity contribution in [2.24, 2.45) is 5.84 Å². The summed E-state index contributed by atoms with van der Waals surface area (Å²) in [6.07, 6.45) is 1.13. The van der Waals surface area contributed by atoms with Crippen LogP contribution in [0.5, 0.6) is 0 Å². The number of fused-ring (bicyclic) bond motifs is 1. The Kier molecular flexibility index (Phi) is 1.48. The smallest absolute Gasteiger partial charge is 0.0390 e. The van der Waals surface area contributed by atoms with E-state index in [9.17, 15) is 0 Å². The molecule has 0 radical (unpaired) electrons. The second kappa shape index (κ2) is 2.34. The summed E-state index contributed by atoms with van der Waals surface area (Å²) in [4.78, 5) is 1.52. The molecule has 1 aromatic rings. The molecule has 0 unspecified atom stereocenters. The van der Waals surface area contributed by atoms with E-state index >= 15 is 0 Å². The van der Waals surface area contributed by atoms with Gasteiger partial charge in [-0.2, -0.15) is 0 Å². The Bertz CT molecular complexity index is 231. The first kappa shape index (κ1) is 6.34. The Hall–Kier alpha value is -0.380. The van der Waals surface area contributed by atoms with Crippen LogP contribution in [-0.4, -0.2) is 11.6 Å². The lowest BCUT2D eigenvalue weighted by Gasteiger charge is -2.21. The second-order valence-corrected chi connectivity index (χ2v) is 3.59. The normalized spacial score (nSPS) is 18.9. The van der Waals surface area contributed by atoms with Crippen molar-refractivity contribution in [1.82, 2.24) is 5.01 Å². The average molecular weight is 154 g/mol. The molecule has 0 atom stereocenters. The molecule has 0 saturated carbocycles. The Morgan fingerprint density at radius 3 is 3.40 bits per heavy atom. The van der Waals surface area contributed by atoms with Crippen LogP contribution in [0.25, 0.3) is 0 Å². The summed E-state index contributed by atoms with van der Waals surface area (Å²) >= 11 is 1.85. The van der Waals surface area contributed by atoms with Crippen LogP contribution in [0, 0.1) is 0 Å². The van der Waals surface area contributed by atoms with Crippen molar-refractivity contribution in [3.63, 3.8) is 0 Å². The van der Waals surface area contributed by atoms with Gasteiger partial charge in [0.1, 0.15) is 0 Å². The van der Waals surface area contributed by atoms with Gasteiger partial charge >= 0.3 is 0 Å². The lowest BCUT2D eigenvalue weighted by molar-refractivity contribution is 0.265. The highest BCUT2D eigenvalue weighted by atomic mass is 32.1. The SMILES string of the molecule is NN1CCc2sccc2C1. The van der Waals surface area contributed by atoms with Crippen LogP contribution >= 0.6 is 11.3 Å². The predicted molar refractivity (Wildman–Crippen MR) is 42.6 cm³/mol. The molecule has 2 heterocycles. The Morgan fingerprint density at radius 2 is 2.50 bits per heavy atom. The molecular weight excluding hydrogens is 144 g/mol. The molecule has 0 bridgehead atoms. The number of nitrogens with two attached hydrogens (primary N) is 1. The molecular formula is C7H10N2S. The Labute approximate surface area is 64.2 Å². The number of nitrogens with zero attached hydrogens (tertiary/aromatic N) is 1. The van der Waals surface area contributed by atoms with Crippen LogP contribution < -0.4 is 5.84 Å². The van der Waals surface area contributed by atoms with Gasteiger partial charge in [-0.05, 0) is 23.4 Å². The minimum Gasteiger partial charge on any atom is -0.268 e. The van der Waals surface area contributed by atoms with Crippen molar-refractivity contribution in [1.29, 1.82) is 0 Å². The van der Waals surface area contributed by atoms with Crippen LogP contribution in [-0.2, 0) is 13.0 Å². The molecule has 2 nitrogen and oxygen atoms in total. The standard InChI is InChI=1S/C7H10N2S/c8-9-3-1-7-6(5-9)2-4-10-7/h2,4H,1,3,5,8H2. The maximum Gasteiger partial charge on any atom is 0.0390 e. The van der Waals surface area contributed by atoms with Gasteiger partial charge in [-0.25, -0.2) is 5.01 Å². The summed E-state index contributed by atoms with van der Waals surface area (Å²) in [5, 5.41) is 4.01. The fraction of sp³-hybridized carbons (Fsp3) is 0.429. The van der Waals surface area contributed by atoms with E-state index in [1.807, 2.05) is 16.3 Å². The zero-order chi connectivity index (χ0) is 6.97. The number of rotatable bonds is 0. The molecule has 0 saturated heterocycles. The fourth-order valence-electron chi connectivity index (χ4n) is 1.27. The van der Waals surface area contributed by atoms with E-state index in [2.05, 4.69) is 11.4 Å². The zero-order valence-electron chi connectivity index (χ0n) is 5.71. The highest BCUT2D eigenvalue weighted by Crippen LogP contribution is 2.21. The van der Waals surface area contributed by atoms with Gasteiger partial charge in [0.2, 0.25) is 0 Å². The summed E-state index contributed by atoms with van der Waals surface area (Å²) in [7, 11) is 0. The molecule has 0 aliphatic carbocycles. The van der Waals surface area contributed by atoms with Crippen molar-refractivity contribution in [3.8, 4) is 0 Å². The van der Waals surface area contributed by atoms with Gasteiger partial charge in [0.05, 0.1) is 0 Å².